The summed E-state index contributed by atoms with van der Waals surface area (Å²) in [4.78, 5) is 11.1. The third kappa shape index (κ3) is 2.68. The van der Waals surface area contributed by atoms with Gasteiger partial charge in [-0.05, 0) is 30.5 Å². The summed E-state index contributed by atoms with van der Waals surface area (Å²) in [5.74, 6) is 0.172. The van der Waals surface area contributed by atoms with E-state index in [1.165, 1.54) is 0 Å². The van der Waals surface area contributed by atoms with E-state index in [0.29, 0.717) is 42.7 Å². The molecule has 2 aliphatic rings. The number of hydrogen-bond acceptors (Lipinski definition) is 4. The second-order valence-corrected chi connectivity index (χ2v) is 5.92. The molecule has 0 radical (unpaired) electrons. The van der Waals surface area contributed by atoms with Gasteiger partial charge in [0.05, 0.1) is 24.2 Å². The van der Waals surface area contributed by atoms with Crippen LogP contribution in [-0.4, -0.2) is 30.8 Å². The zero-order valence-electron chi connectivity index (χ0n) is 11.8. The molecule has 1 saturated heterocycles. The summed E-state index contributed by atoms with van der Waals surface area (Å²) >= 11 is 6.32. The van der Waals surface area contributed by atoms with E-state index in [1.54, 1.807) is 0 Å². The summed E-state index contributed by atoms with van der Waals surface area (Å²) in [6.45, 7) is 3.64. The van der Waals surface area contributed by atoms with Crippen LogP contribution in [0.15, 0.2) is 6.07 Å². The van der Waals surface area contributed by atoms with Crippen molar-refractivity contribution >= 4 is 17.6 Å². The molecule has 5 nitrogen and oxygen atoms in total. The Balaban J connectivity index is 1.95. The molecule has 6 heteroatoms. The zero-order chi connectivity index (χ0) is 15.0. The third-order valence-corrected chi connectivity index (χ3v) is 4.40. The standard InChI is InChI=1S/C15H18ClNO4/c1-8-10(12-5-9(7-17-12)15(18)19)6-11(16)14-13(8)20-3-2-4-21-14/h6,9,12,17H,2-5,7H2,1H3,(H,18,19). The van der Waals surface area contributed by atoms with Crippen LogP contribution in [-0.2, 0) is 4.79 Å². The minimum atomic E-state index is -0.761. The van der Waals surface area contributed by atoms with Gasteiger partial charge in [0, 0.05) is 19.0 Å². The van der Waals surface area contributed by atoms with Gasteiger partial charge in [0.2, 0.25) is 0 Å². The summed E-state index contributed by atoms with van der Waals surface area (Å²) in [7, 11) is 0. The number of carboxylic acid groups (broad SMARTS) is 1. The highest BCUT2D eigenvalue weighted by molar-refractivity contribution is 6.32. The van der Waals surface area contributed by atoms with Crippen LogP contribution in [0.4, 0.5) is 0 Å². The summed E-state index contributed by atoms with van der Waals surface area (Å²) < 4.78 is 11.4. The van der Waals surface area contributed by atoms with Crippen LogP contribution in [0, 0.1) is 12.8 Å². The largest absolute Gasteiger partial charge is 0.489 e. The Morgan fingerprint density at radius 1 is 1.38 bits per heavy atom. The van der Waals surface area contributed by atoms with E-state index in [1.807, 2.05) is 13.0 Å². The lowest BCUT2D eigenvalue weighted by atomic mass is 9.95. The fourth-order valence-electron chi connectivity index (χ4n) is 2.96. The first-order valence-corrected chi connectivity index (χ1v) is 7.50. The predicted molar refractivity (Wildman–Crippen MR) is 78.3 cm³/mol. The average Bonchev–Trinajstić information content (AvgIpc) is 2.80. The maximum atomic E-state index is 11.1. The van der Waals surface area contributed by atoms with Crippen molar-refractivity contribution in [1.29, 1.82) is 0 Å². The number of benzene rings is 1. The van der Waals surface area contributed by atoms with E-state index < -0.39 is 5.97 Å². The fraction of sp³-hybridized carbons (Fsp3) is 0.533. The van der Waals surface area contributed by atoms with Crippen LogP contribution in [0.3, 0.4) is 0 Å². The molecule has 21 heavy (non-hydrogen) atoms. The summed E-state index contributed by atoms with van der Waals surface area (Å²) in [5.41, 5.74) is 1.97. The van der Waals surface area contributed by atoms with Crippen LogP contribution in [0.2, 0.25) is 5.02 Å². The number of hydrogen-bond donors (Lipinski definition) is 2. The van der Waals surface area contributed by atoms with Crippen LogP contribution >= 0.6 is 11.6 Å². The van der Waals surface area contributed by atoms with Gasteiger partial charge in [0.1, 0.15) is 0 Å². The molecule has 2 unspecified atom stereocenters. The maximum absolute atomic E-state index is 11.1. The van der Waals surface area contributed by atoms with Gasteiger partial charge >= 0.3 is 5.97 Å². The van der Waals surface area contributed by atoms with E-state index in [9.17, 15) is 4.79 Å². The van der Waals surface area contributed by atoms with Gasteiger partial charge < -0.3 is 19.9 Å². The molecule has 0 aliphatic carbocycles. The van der Waals surface area contributed by atoms with E-state index in [-0.39, 0.29) is 12.0 Å². The highest BCUT2D eigenvalue weighted by Gasteiger charge is 2.32. The molecule has 0 bridgehead atoms. The number of halogens is 1. The molecule has 0 spiro atoms. The first kappa shape index (κ1) is 14.5. The van der Waals surface area contributed by atoms with Crippen molar-refractivity contribution in [2.75, 3.05) is 19.8 Å². The van der Waals surface area contributed by atoms with Gasteiger partial charge in [-0.2, -0.15) is 0 Å². The lowest BCUT2D eigenvalue weighted by molar-refractivity contribution is -0.141. The molecule has 1 fully saturated rings. The highest BCUT2D eigenvalue weighted by Crippen LogP contribution is 2.44. The Labute approximate surface area is 128 Å². The minimum absolute atomic E-state index is 0.0132. The Kier molecular flexibility index (Phi) is 3.95. The number of rotatable bonds is 2. The number of ether oxygens (including phenoxy) is 2. The molecule has 1 aromatic rings. The number of nitrogens with one attached hydrogen (secondary N) is 1. The highest BCUT2D eigenvalue weighted by atomic mass is 35.5. The predicted octanol–water partition coefficient (Wildman–Crippen LogP) is 2.54. The first-order chi connectivity index (χ1) is 10.1. The Morgan fingerprint density at radius 3 is 2.76 bits per heavy atom. The number of aliphatic carboxylic acids is 1. The Morgan fingerprint density at radius 2 is 2.10 bits per heavy atom. The van der Waals surface area contributed by atoms with E-state index in [0.717, 1.165) is 17.5 Å². The first-order valence-electron chi connectivity index (χ1n) is 7.12. The molecule has 0 aromatic heterocycles. The van der Waals surface area contributed by atoms with Crippen molar-refractivity contribution < 1.29 is 19.4 Å². The summed E-state index contributed by atoms with van der Waals surface area (Å²) in [6, 6.07) is 1.85. The second kappa shape index (κ2) is 5.73. The molecule has 2 heterocycles. The van der Waals surface area contributed by atoms with E-state index in [4.69, 9.17) is 26.2 Å². The van der Waals surface area contributed by atoms with Crippen molar-refractivity contribution in [3.63, 3.8) is 0 Å². The number of fused-ring (bicyclic) bond motifs is 1. The average molecular weight is 312 g/mol. The normalized spacial score (nSPS) is 24.7. The molecule has 2 aliphatic heterocycles. The van der Waals surface area contributed by atoms with Gasteiger partial charge in [-0.3, -0.25) is 4.79 Å². The van der Waals surface area contributed by atoms with Gasteiger partial charge in [0.15, 0.2) is 11.5 Å². The van der Waals surface area contributed by atoms with Crippen molar-refractivity contribution in [1.82, 2.24) is 5.32 Å². The van der Waals surface area contributed by atoms with E-state index >= 15 is 0 Å². The molecule has 2 N–H and O–H groups in total. The fourth-order valence-corrected chi connectivity index (χ4v) is 3.22. The van der Waals surface area contributed by atoms with Gasteiger partial charge in [0.25, 0.3) is 0 Å². The van der Waals surface area contributed by atoms with Crippen LogP contribution in [0.1, 0.15) is 30.0 Å². The molecule has 2 atom stereocenters. The minimum Gasteiger partial charge on any atom is -0.489 e. The molecular formula is C15H18ClNO4. The zero-order valence-corrected chi connectivity index (χ0v) is 12.6. The maximum Gasteiger partial charge on any atom is 0.307 e. The smallest absolute Gasteiger partial charge is 0.307 e. The van der Waals surface area contributed by atoms with Crippen molar-refractivity contribution in [2.24, 2.45) is 5.92 Å². The number of carboxylic acids is 1. The molecule has 0 saturated carbocycles. The molecule has 114 valence electrons. The van der Waals surface area contributed by atoms with Crippen molar-refractivity contribution in [3.05, 3.63) is 22.2 Å². The monoisotopic (exact) mass is 311 g/mol. The lowest BCUT2D eigenvalue weighted by Gasteiger charge is -2.19. The SMILES string of the molecule is Cc1c(C2CC(C(=O)O)CN2)cc(Cl)c2c1OCCCO2. The number of carbonyl (C=O) groups is 1. The van der Waals surface area contributed by atoms with Gasteiger partial charge in [-0.15, -0.1) is 0 Å². The van der Waals surface area contributed by atoms with Crippen molar-refractivity contribution in [2.45, 2.75) is 25.8 Å². The lowest BCUT2D eigenvalue weighted by Crippen LogP contribution is -2.17. The summed E-state index contributed by atoms with van der Waals surface area (Å²) in [5, 5.41) is 12.9. The quantitative estimate of drug-likeness (QED) is 0.878. The third-order valence-electron chi connectivity index (χ3n) is 4.12. The molecule has 0 amide bonds. The van der Waals surface area contributed by atoms with Gasteiger partial charge in [-0.1, -0.05) is 11.6 Å². The van der Waals surface area contributed by atoms with Crippen LogP contribution in [0.5, 0.6) is 11.5 Å². The topological polar surface area (TPSA) is 67.8 Å². The van der Waals surface area contributed by atoms with Crippen LogP contribution in [0.25, 0.3) is 0 Å². The summed E-state index contributed by atoms with van der Waals surface area (Å²) in [6.07, 6.45) is 1.38. The molecule has 1 aromatic carbocycles. The molecule has 3 rings (SSSR count). The Hall–Kier alpha value is -1.46. The van der Waals surface area contributed by atoms with Gasteiger partial charge in [-0.25, -0.2) is 0 Å². The van der Waals surface area contributed by atoms with Crippen molar-refractivity contribution in [3.8, 4) is 11.5 Å². The second-order valence-electron chi connectivity index (χ2n) is 5.51. The Bertz CT molecular complexity index is 575. The van der Waals surface area contributed by atoms with E-state index in [2.05, 4.69) is 5.32 Å². The molecular weight excluding hydrogens is 294 g/mol. The van der Waals surface area contributed by atoms with Crippen LogP contribution < -0.4 is 14.8 Å².